The quantitative estimate of drug-likeness (QED) is 0.278. The topological polar surface area (TPSA) is 168 Å². The number of carboxylic acids is 1. The molecule has 0 aromatic heterocycles. The highest BCUT2D eigenvalue weighted by Crippen LogP contribution is 2.36. The fourth-order valence-electron chi connectivity index (χ4n) is 2.70. The van der Waals surface area contributed by atoms with E-state index in [1.165, 1.54) is 6.92 Å². The van der Waals surface area contributed by atoms with Crippen molar-refractivity contribution in [3.05, 3.63) is 0 Å². The van der Waals surface area contributed by atoms with E-state index < -0.39 is 67.2 Å². The van der Waals surface area contributed by atoms with E-state index in [0.717, 1.165) is 0 Å². The Labute approximate surface area is 120 Å². The molecule has 0 spiro atoms. The van der Waals surface area contributed by atoms with Gasteiger partial charge >= 0.3 is 5.97 Å². The van der Waals surface area contributed by atoms with Gasteiger partial charge in [0.1, 0.15) is 6.10 Å². The van der Waals surface area contributed by atoms with Crippen LogP contribution in [0.15, 0.2) is 0 Å². The highest BCUT2D eigenvalue weighted by molar-refractivity contribution is 5.78. The van der Waals surface area contributed by atoms with Crippen LogP contribution >= 0.6 is 0 Å². The van der Waals surface area contributed by atoms with E-state index in [4.69, 9.17) is 10.2 Å². The number of hydrogen-bond donors (Lipinski definition) is 7. The molecule has 0 bridgehead atoms. The van der Waals surface area contributed by atoms with E-state index >= 15 is 0 Å². The van der Waals surface area contributed by atoms with Gasteiger partial charge in [-0.25, -0.2) is 4.79 Å². The predicted octanol–water partition coefficient (Wildman–Crippen LogP) is -3.21. The van der Waals surface area contributed by atoms with Gasteiger partial charge in [0.25, 0.3) is 0 Å². The minimum absolute atomic E-state index is 0.484. The molecule has 0 radical (unpaired) electrons. The normalized spacial score (nSPS) is 35.8. The molecule has 122 valence electrons. The van der Waals surface area contributed by atoms with Crippen LogP contribution in [0.25, 0.3) is 0 Å². The highest BCUT2D eigenvalue weighted by atomic mass is 16.4. The lowest BCUT2D eigenvalue weighted by Crippen LogP contribution is -2.62. The van der Waals surface area contributed by atoms with E-state index in [1.54, 1.807) is 0 Å². The molecular formula is C12H21NO8. The number of hydrogen-bond acceptors (Lipinski definition) is 7. The van der Waals surface area contributed by atoms with Crippen LogP contribution in [-0.2, 0) is 9.59 Å². The third kappa shape index (κ3) is 3.89. The van der Waals surface area contributed by atoms with Crippen molar-refractivity contribution >= 4 is 11.9 Å². The van der Waals surface area contributed by atoms with Crippen molar-refractivity contribution in [2.45, 2.75) is 49.7 Å². The van der Waals surface area contributed by atoms with Crippen molar-refractivity contribution in [3.63, 3.8) is 0 Å². The molecule has 0 aromatic carbocycles. The molecule has 6 atom stereocenters. The Morgan fingerprint density at radius 3 is 2.33 bits per heavy atom. The molecule has 0 aliphatic heterocycles. The van der Waals surface area contributed by atoms with Crippen LogP contribution in [0.2, 0.25) is 0 Å². The van der Waals surface area contributed by atoms with Gasteiger partial charge in [0.2, 0.25) is 5.91 Å². The zero-order chi connectivity index (χ0) is 16.4. The van der Waals surface area contributed by atoms with Gasteiger partial charge in [-0.3, -0.25) is 4.79 Å². The van der Waals surface area contributed by atoms with E-state index in [-0.39, 0.29) is 0 Å². The Kier molecular flexibility index (Phi) is 5.65. The average Bonchev–Trinajstić information content (AvgIpc) is 2.39. The second-order valence-electron chi connectivity index (χ2n) is 5.44. The van der Waals surface area contributed by atoms with Gasteiger partial charge < -0.3 is 36.0 Å². The van der Waals surface area contributed by atoms with Gasteiger partial charge in [0, 0.05) is 19.3 Å². The fraction of sp³-hybridized carbons (Fsp3) is 0.833. The number of carbonyl (C=O) groups is 2. The van der Waals surface area contributed by atoms with E-state index in [0.29, 0.717) is 0 Å². The highest BCUT2D eigenvalue weighted by Gasteiger charge is 2.52. The van der Waals surface area contributed by atoms with Crippen LogP contribution in [0.3, 0.4) is 0 Å². The molecule has 1 saturated carbocycles. The van der Waals surface area contributed by atoms with E-state index in [1.807, 2.05) is 0 Å². The maximum absolute atomic E-state index is 11.2. The number of carbonyl (C=O) groups excluding carboxylic acids is 1. The van der Waals surface area contributed by atoms with Crippen molar-refractivity contribution in [1.29, 1.82) is 0 Å². The van der Waals surface area contributed by atoms with Gasteiger partial charge in [-0.05, 0) is 6.42 Å². The molecule has 1 rings (SSSR count). The first-order chi connectivity index (χ1) is 9.62. The fourth-order valence-corrected chi connectivity index (χ4v) is 2.70. The van der Waals surface area contributed by atoms with E-state index in [2.05, 4.69) is 5.32 Å². The first-order valence-corrected chi connectivity index (χ1v) is 6.50. The van der Waals surface area contributed by atoms with Gasteiger partial charge in [0.15, 0.2) is 5.60 Å². The molecular weight excluding hydrogens is 286 g/mol. The molecule has 9 nitrogen and oxygen atoms in total. The molecule has 0 saturated heterocycles. The molecule has 9 heteroatoms. The Bertz CT molecular complexity index is 403. The monoisotopic (exact) mass is 307 g/mol. The third-order valence-electron chi connectivity index (χ3n) is 3.78. The first-order valence-electron chi connectivity index (χ1n) is 6.50. The summed E-state index contributed by atoms with van der Waals surface area (Å²) in [6.45, 7) is 0.392. The first kappa shape index (κ1) is 17.8. The number of aliphatic hydroxyl groups is 5. The Morgan fingerprint density at radius 1 is 1.33 bits per heavy atom. The molecule has 1 fully saturated rings. The lowest BCUT2D eigenvalue weighted by atomic mass is 9.70. The molecule has 0 unspecified atom stereocenters. The summed E-state index contributed by atoms with van der Waals surface area (Å²) >= 11 is 0. The molecule has 1 aliphatic carbocycles. The van der Waals surface area contributed by atoms with Crippen LogP contribution in [0.5, 0.6) is 0 Å². The smallest absolute Gasteiger partial charge is 0.335 e. The summed E-state index contributed by atoms with van der Waals surface area (Å²) in [7, 11) is 0. The van der Waals surface area contributed by atoms with Crippen molar-refractivity contribution < 1.29 is 40.2 Å². The standard InChI is InChI=1S/C12H21NO8/c1-5(15)13-9-6(10(18)8(17)4-14)2-12(21,11(19)20)3-7(9)16/h6-10,14,16-18,21H,2-4H2,1H3,(H,13,15)(H,19,20)/t6-,7-,8-,9+,10+,12+/m1/s1. The van der Waals surface area contributed by atoms with Gasteiger partial charge in [-0.2, -0.15) is 0 Å². The van der Waals surface area contributed by atoms with Crippen LogP contribution in [0, 0.1) is 5.92 Å². The number of rotatable bonds is 5. The van der Waals surface area contributed by atoms with Gasteiger partial charge in [0.05, 0.1) is 24.9 Å². The Morgan fingerprint density at radius 2 is 1.90 bits per heavy atom. The molecule has 1 aliphatic rings. The molecule has 0 heterocycles. The summed E-state index contributed by atoms with van der Waals surface area (Å²) in [5, 5.41) is 59.8. The van der Waals surface area contributed by atoms with Crippen LogP contribution < -0.4 is 5.32 Å². The van der Waals surface area contributed by atoms with Crippen LogP contribution in [0.4, 0.5) is 0 Å². The summed E-state index contributed by atoms with van der Waals surface area (Å²) in [6.07, 6.45) is -5.63. The average molecular weight is 307 g/mol. The van der Waals surface area contributed by atoms with Gasteiger partial charge in [-0.1, -0.05) is 0 Å². The summed E-state index contributed by atoms with van der Waals surface area (Å²) < 4.78 is 0. The molecule has 7 N–H and O–H groups in total. The number of amides is 1. The predicted molar refractivity (Wildman–Crippen MR) is 68.0 cm³/mol. The van der Waals surface area contributed by atoms with Crippen molar-refractivity contribution in [2.75, 3.05) is 6.61 Å². The number of aliphatic hydroxyl groups excluding tert-OH is 4. The molecule has 0 aromatic rings. The summed E-state index contributed by atoms with van der Waals surface area (Å²) in [4.78, 5) is 22.3. The van der Waals surface area contributed by atoms with Crippen molar-refractivity contribution in [1.82, 2.24) is 5.32 Å². The second-order valence-corrected chi connectivity index (χ2v) is 5.44. The summed E-state index contributed by atoms with van der Waals surface area (Å²) in [5.41, 5.74) is -2.28. The maximum Gasteiger partial charge on any atom is 0.335 e. The zero-order valence-corrected chi connectivity index (χ0v) is 11.5. The largest absolute Gasteiger partial charge is 0.479 e. The molecule has 21 heavy (non-hydrogen) atoms. The summed E-state index contributed by atoms with van der Waals surface area (Å²) in [6, 6.07) is -1.04. The number of nitrogens with one attached hydrogen (secondary N) is 1. The minimum Gasteiger partial charge on any atom is -0.479 e. The SMILES string of the molecule is CC(=O)N[C@H]1[C@H]([C@H](O)[C@H](O)CO)C[C@@](O)(C(=O)O)C[C@H]1O. The van der Waals surface area contributed by atoms with Crippen molar-refractivity contribution in [2.24, 2.45) is 5.92 Å². The minimum atomic E-state index is -2.28. The Balaban J connectivity index is 3.07. The van der Waals surface area contributed by atoms with Crippen LogP contribution in [-0.4, -0.2) is 79.1 Å². The van der Waals surface area contributed by atoms with Crippen LogP contribution in [0.1, 0.15) is 19.8 Å². The van der Waals surface area contributed by atoms with E-state index in [9.17, 15) is 30.0 Å². The third-order valence-corrected chi connectivity index (χ3v) is 3.78. The zero-order valence-electron chi connectivity index (χ0n) is 11.5. The molecule has 1 amide bonds. The number of carboxylic acid groups (broad SMARTS) is 1. The summed E-state index contributed by atoms with van der Waals surface area (Å²) in [5.74, 6) is -3.23. The second kappa shape index (κ2) is 6.67. The maximum atomic E-state index is 11.2. The van der Waals surface area contributed by atoms with Crippen molar-refractivity contribution in [3.8, 4) is 0 Å². The lowest BCUT2D eigenvalue weighted by molar-refractivity contribution is -0.178. The van der Waals surface area contributed by atoms with Gasteiger partial charge in [-0.15, -0.1) is 0 Å². The number of aliphatic carboxylic acids is 1. The lowest BCUT2D eigenvalue weighted by Gasteiger charge is -2.44. The Hall–Kier alpha value is -1.26.